The first-order valence-electron chi connectivity index (χ1n) is 6.52. The Bertz CT molecular complexity index is 682. The minimum absolute atomic E-state index is 0.303. The van der Waals surface area contributed by atoms with Crippen LogP contribution in [0.3, 0.4) is 0 Å². The first-order chi connectivity index (χ1) is 10.1. The molecule has 21 heavy (non-hydrogen) atoms. The van der Waals surface area contributed by atoms with Crippen molar-refractivity contribution in [2.45, 2.75) is 6.04 Å². The largest absolute Gasteiger partial charge is 0.394 e. The molecular weight excluding hydrogens is 286 g/mol. The van der Waals surface area contributed by atoms with E-state index in [9.17, 15) is 13.5 Å². The number of nitrogens with one attached hydrogen (secondary N) is 1. The van der Waals surface area contributed by atoms with E-state index in [1.54, 1.807) is 24.3 Å². The lowest BCUT2D eigenvalue weighted by Crippen LogP contribution is -2.29. The van der Waals surface area contributed by atoms with E-state index in [0.717, 1.165) is 16.5 Å². The molecule has 5 heteroatoms. The molecule has 110 valence electrons. The molecule has 0 radical (unpaired) electrons. The number of benzene rings is 2. The maximum atomic E-state index is 12.0. The molecular formula is C16H17NO3S. The predicted molar refractivity (Wildman–Crippen MR) is 83.8 cm³/mol. The van der Waals surface area contributed by atoms with Gasteiger partial charge >= 0.3 is 0 Å². The van der Waals surface area contributed by atoms with Crippen LogP contribution in [0, 0.1) is 0 Å². The lowest BCUT2D eigenvalue weighted by atomic mass is 10.1. The fourth-order valence-corrected chi connectivity index (χ4v) is 2.89. The summed E-state index contributed by atoms with van der Waals surface area (Å²) in [6, 6.07) is 17.5. The predicted octanol–water partition coefficient (Wildman–Crippen LogP) is 2.31. The van der Waals surface area contributed by atoms with Crippen molar-refractivity contribution in [3.63, 3.8) is 0 Å². The van der Waals surface area contributed by atoms with E-state index in [1.807, 2.05) is 36.4 Å². The van der Waals surface area contributed by atoms with E-state index >= 15 is 0 Å². The molecule has 2 rings (SSSR count). The Morgan fingerprint density at radius 2 is 1.57 bits per heavy atom. The monoisotopic (exact) mass is 303 g/mol. The van der Waals surface area contributed by atoms with Gasteiger partial charge < -0.3 is 5.11 Å². The summed E-state index contributed by atoms with van der Waals surface area (Å²) < 4.78 is 26.5. The van der Waals surface area contributed by atoms with Crippen LogP contribution in [0.1, 0.15) is 17.2 Å². The van der Waals surface area contributed by atoms with Gasteiger partial charge in [-0.3, -0.25) is 0 Å². The van der Waals surface area contributed by atoms with Crippen molar-refractivity contribution in [2.75, 3.05) is 6.61 Å². The molecule has 1 atom stereocenters. The molecule has 0 aromatic heterocycles. The van der Waals surface area contributed by atoms with Crippen molar-refractivity contribution in [1.29, 1.82) is 0 Å². The number of sulfonamides is 1. The molecule has 2 aromatic carbocycles. The van der Waals surface area contributed by atoms with Crippen LogP contribution in [0.25, 0.3) is 6.08 Å². The van der Waals surface area contributed by atoms with Crippen molar-refractivity contribution < 1.29 is 13.5 Å². The Morgan fingerprint density at radius 3 is 2.14 bits per heavy atom. The minimum Gasteiger partial charge on any atom is -0.394 e. The minimum atomic E-state index is -3.63. The Labute approximate surface area is 124 Å². The number of rotatable bonds is 6. The van der Waals surface area contributed by atoms with Crippen molar-refractivity contribution in [3.05, 3.63) is 77.2 Å². The number of hydrogen-bond donors (Lipinski definition) is 2. The van der Waals surface area contributed by atoms with Crippen LogP contribution in [-0.2, 0) is 10.0 Å². The third-order valence-electron chi connectivity index (χ3n) is 2.93. The topological polar surface area (TPSA) is 66.4 Å². The van der Waals surface area contributed by atoms with Crippen molar-refractivity contribution in [3.8, 4) is 0 Å². The summed E-state index contributed by atoms with van der Waals surface area (Å²) in [5, 5.41) is 10.5. The Kier molecular flexibility index (Phi) is 5.27. The van der Waals surface area contributed by atoms with Crippen LogP contribution in [0.2, 0.25) is 0 Å². The Hall–Kier alpha value is -1.95. The van der Waals surface area contributed by atoms with Gasteiger partial charge in [-0.15, -0.1) is 0 Å². The second-order valence-electron chi connectivity index (χ2n) is 4.52. The van der Waals surface area contributed by atoms with Crippen molar-refractivity contribution in [1.82, 2.24) is 4.72 Å². The first kappa shape index (κ1) is 15.4. The van der Waals surface area contributed by atoms with E-state index in [0.29, 0.717) is 0 Å². The molecule has 0 saturated carbocycles. The standard InChI is InChI=1S/C16H17NO3S/c18-13-16(15-9-5-2-6-10-15)17-21(19,20)12-11-14-7-3-1-4-8-14/h1-12,16-18H,13H2/b12-11+/t16-/m1/s1. The zero-order chi connectivity index (χ0) is 15.1. The third-order valence-corrected chi connectivity index (χ3v) is 4.04. The molecule has 0 aliphatic rings. The van der Waals surface area contributed by atoms with E-state index in [-0.39, 0.29) is 6.61 Å². The quantitative estimate of drug-likeness (QED) is 0.860. The second kappa shape index (κ2) is 7.17. The van der Waals surface area contributed by atoms with E-state index in [4.69, 9.17) is 0 Å². The summed E-state index contributed by atoms with van der Waals surface area (Å²) in [5.74, 6) is 0. The van der Waals surface area contributed by atoms with Crippen LogP contribution in [0.15, 0.2) is 66.1 Å². The highest BCUT2D eigenvalue weighted by Gasteiger charge is 2.16. The molecule has 2 aromatic rings. The van der Waals surface area contributed by atoms with E-state index in [1.165, 1.54) is 6.08 Å². The average Bonchev–Trinajstić information content (AvgIpc) is 2.53. The van der Waals surface area contributed by atoms with Crippen LogP contribution < -0.4 is 4.72 Å². The molecule has 0 unspecified atom stereocenters. The second-order valence-corrected chi connectivity index (χ2v) is 6.12. The van der Waals surface area contributed by atoms with E-state index < -0.39 is 16.1 Å². The summed E-state index contributed by atoms with van der Waals surface area (Å²) in [5.41, 5.74) is 1.51. The molecule has 0 saturated heterocycles. The van der Waals surface area contributed by atoms with Gasteiger partial charge in [-0.05, 0) is 17.2 Å². The third kappa shape index (κ3) is 4.82. The smallest absolute Gasteiger partial charge is 0.234 e. The highest BCUT2D eigenvalue weighted by molar-refractivity contribution is 7.92. The molecule has 0 bridgehead atoms. The summed E-state index contributed by atoms with van der Waals surface area (Å²) in [6.45, 7) is -0.303. The van der Waals surface area contributed by atoms with Gasteiger partial charge in [0, 0.05) is 5.41 Å². The van der Waals surface area contributed by atoms with Gasteiger partial charge in [0.05, 0.1) is 12.6 Å². The SMILES string of the molecule is O=S(=O)(/C=C/c1ccccc1)N[C@H](CO)c1ccccc1. The molecule has 2 N–H and O–H groups in total. The molecule has 0 aliphatic carbocycles. The van der Waals surface area contributed by atoms with Crippen molar-refractivity contribution >= 4 is 16.1 Å². The molecule has 4 nitrogen and oxygen atoms in total. The van der Waals surface area contributed by atoms with E-state index in [2.05, 4.69) is 4.72 Å². The Balaban J connectivity index is 2.11. The van der Waals surface area contributed by atoms with Crippen LogP contribution in [-0.4, -0.2) is 20.1 Å². The summed E-state index contributed by atoms with van der Waals surface area (Å²) in [7, 11) is -3.63. The lowest BCUT2D eigenvalue weighted by Gasteiger charge is -2.15. The van der Waals surface area contributed by atoms with Gasteiger partial charge in [0.2, 0.25) is 10.0 Å². The van der Waals surface area contributed by atoms with Gasteiger partial charge in [0.15, 0.2) is 0 Å². The zero-order valence-electron chi connectivity index (χ0n) is 11.4. The molecule has 0 fully saturated rings. The maximum absolute atomic E-state index is 12.0. The molecule has 0 heterocycles. The van der Waals surface area contributed by atoms with Crippen LogP contribution in [0.4, 0.5) is 0 Å². The van der Waals surface area contributed by atoms with Gasteiger partial charge in [-0.2, -0.15) is 0 Å². The maximum Gasteiger partial charge on any atom is 0.234 e. The number of aliphatic hydroxyl groups is 1. The highest BCUT2D eigenvalue weighted by Crippen LogP contribution is 2.13. The van der Waals surface area contributed by atoms with Gasteiger partial charge in [-0.25, -0.2) is 13.1 Å². The average molecular weight is 303 g/mol. The highest BCUT2D eigenvalue weighted by atomic mass is 32.2. The van der Waals surface area contributed by atoms with Crippen molar-refractivity contribution in [2.24, 2.45) is 0 Å². The molecule has 0 spiro atoms. The van der Waals surface area contributed by atoms with Crippen LogP contribution >= 0.6 is 0 Å². The van der Waals surface area contributed by atoms with Gasteiger partial charge in [0.1, 0.15) is 0 Å². The summed E-state index contributed by atoms with van der Waals surface area (Å²) in [4.78, 5) is 0. The summed E-state index contributed by atoms with van der Waals surface area (Å²) in [6.07, 6.45) is 1.52. The number of aliphatic hydroxyl groups excluding tert-OH is 1. The summed E-state index contributed by atoms with van der Waals surface area (Å²) >= 11 is 0. The zero-order valence-corrected chi connectivity index (χ0v) is 12.2. The first-order valence-corrected chi connectivity index (χ1v) is 8.06. The van der Waals surface area contributed by atoms with Gasteiger partial charge in [0.25, 0.3) is 0 Å². The fourth-order valence-electron chi connectivity index (χ4n) is 1.87. The fraction of sp³-hybridized carbons (Fsp3) is 0.125. The Morgan fingerprint density at radius 1 is 1.00 bits per heavy atom. The van der Waals surface area contributed by atoms with Crippen LogP contribution in [0.5, 0.6) is 0 Å². The normalized spacial score (nSPS) is 13.4. The lowest BCUT2D eigenvalue weighted by molar-refractivity contribution is 0.259. The van der Waals surface area contributed by atoms with Gasteiger partial charge in [-0.1, -0.05) is 60.7 Å². The molecule has 0 amide bonds. The number of hydrogen-bond acceptors (Lipinski definition) is 3. The molecule has 0 aliphatic heterocycles.